The van der Waals surface area contributed by atoms with E-state index in [0.29, 0.717) is 5.69 Å². The highest BCUT2D eigenvalue weighted by Crippen LogP contribution is 2.32. The normalized spacial score (nSPS) is 14.2. The Labute approximate surface area is 149 Å². The minimum Gasteiger partial charge on any atom is -0.382 e. The molecule has 4 nitrogen and oxygen atoms in total. The van der Waals surface area contributed by atoms with E-state index in [0.717, 1.165) is 34.9 Å². The Hall–Kier alpha value is -2.15. The number of benzene rings is 1. The Morgan fingerprint density at radius 2 is 1.96 bits per heavy atom. The number of aromatic nitrogens is 1. The van der Waals surface area contributed by atoms with Crippen LogP contribution in [0.2, 0.25) is 0 Å². The summed E-state index contributed by atoms with van der Waals surface area (Å²) in [6.07, 6.45) is 3.71. The lowest BCUT2D eigenvalue weighted by molar-refractivity contribution is -0.115. The molecule has 3 rings (SSSR count). The first-order valence-corrected chi connectivity index (χ1v) is 9.12. The van der Waals surface area contributed by atoms with Gasteiger partial charge in [0.1, 0.15) is 17.5 Å². The predicted octanol–water partition coefficient (Wildman–Crippen LogP) is 4.02. The fourth-order valence-electron chi connectivity index (χ4n) is 2.60. The van der Waals surface area contributed by atoms with Gasteiger partial charge in [0.05, 0.1) is 17.1 Å². The van der Waals surface area contributed by atoms with E-state index in [1.54, 1.807) is 17.8 Å². The fourth-order valence-corrected chi connectivity index (χ4v) is 3.66. The van der Waals surface area contributed by atoms with Gasteiger partial charge in [0.15, 0.2) is 0 Å². The molecule has 0 bridgehead atoms. The Bertz CT molecular complexity index is 761. The smallest absolute Gasteiger partial charge is 0.228 e. The molecule has 1 amide bonds. The number of halogens is 2. The van der Waals surface area contributed by atoms with Crippen LogP contribution in [-0.4, -0.2) is 16.6 Å². The first kappa shape index (κ1) is 17.7. The number of carbonyl (C=O) groups is 1. The van der Waals surface area contributed by atoms with Crippen LogP contribution in [0.1, 0.15) is 24.8 Å². The molecule has 1 aromatic carbocycles. The molecule has 1 aromatic heterocycles. The Morgan fingerprint density at radius 1 is 1.24 bits per heavy atom. The lowest BCUT2D eigenvalue weighted by Crippen LogP contribution is -2.16. The Balaban J connectivity index is 1.58. The molecule has 1 aliphatic rings. The summed E-state index contributed by atoms with van der Waals surface area (Å²) in [6, 6.07) is 6.55. The van der Waals surface area contributed by atoms with Crippen LogP contribution in [-0.2, 0) is 11.2 Å². The minimum atomic E-state index is -0.711. The molecule has 1 aliphatic carbocycles. The maximum absolute atomic E-state index is 13.2. The van der Waals surface area contributed by atoms with Gasteiger partial charge in [-0.25, -0.2) is 13.8 Å². The third kappa shape index (κ3) is 4.92. The average Bonchev–Trinajstić information content (AvgIpc) is 2.47. The summed E-state index contributed by atoms with van der Waals surface area (Å²) >= 11 is 1.66. The van der Waals surface area contributed by atoms with Gasteiger partial charge in [-0.15, -0.1) is 11.8 Å². The highest BCUT2D eigenvalue weighted by molar-refractivity contribution is 7.99. The van der Waals surface area contributed by atoms with Crippen molar-refractivity contribution < 1.29 is 13.6 Å². The van der Waals surface area contributed by atoms with Gasteiger partial charge >= 0.3 is 0 Å². The molecular formula is C18H19F2N3OS. The molecule has 1 saturated carbocycles. The molecule has 1 heterocycles. The molecule has 1 fully saturated rings. The van der Waals surface area contributed by atoms with Gasteiger partial charge < -0.3 is 11.1 Å². The van der Waals surface area contributed by atoms with Gasteiger partial charge in [0.2, 0.25) is 5.91 Å². The standard InChI is InChI=1S/C18H19F2N3OS/c19-13-6-12(7-14(20)9-13)8-16(24)22-15-4-5-17(23-18(15)21)25-10-11-2-1-3-11/h4-7,9,11H,1-3,8,10H2,(H2,21,23)(H,22,24). The van der Waals surface area contributed by atoms with Gasteiger partial charge in [-0.05, 0) is 48.6 Å². The molecule has 0 unspecified atom stereocenters. The largest absolute Gasteiger partial charge is 0.382 e. The van der Waals surface area contributed by atoms with Crippen LogP contribution in [0, 0.1) is 17.6 Å². The molecule has 7 heteroatoms. The summed E-state index contributed by atoms with van der Waals surface area (Å²) in [5.41, 5.74) is 6.56. The number of amides is 1. The second-order valence-electron chi connectivity index (χ2n) is 6.19. The van der Waals surface area contributed by atoms with Crippen LogP contribution in [0.15, 0.2) is 35.4 Å². The van der Waals surface area contributed by atoms with E-state index in [-0.39, 0.29) is 17.8 Å². The quantitative estimate of drug-likeness (QED) is 0.761. The highest BCUT2D eigenvalue weighted by Gasteiger charge is 2.18. The van der Waals surface area contributed by atoms with Crippen LogP contribution in [0.4, 0.5) is 20.3 Å². The fraction of sp³-hybridized carbons (Fsp3) is 0.333. The van der Waals surface area contributed by atoms with E-state index in [2.05, 4.69) is 10.3 Å². The number of hydrogen-bond donors (Lipinski definition) is 2. The van der Waals surface area contributed by atoms with E-state index in [9.17, 15) is 13.6 Å². The van der Waals surface area contributed by atoms with E-state index in [1.165, 1.54) is 19.3 Å². The zero-order valence-corrected chi connectivity index (χ0v) is 14.4. The monoisotopic (exact) mass is 363 g/mol. The molecule has 0 saturated heterocycles. The second kappa shape index (κ2) is 7.82. The number of nitrogens with zero attached hydrogens (tertiary/aromatic N) is 1. The van der Waals surface area contributed by atoms with Crippen molar-refractivity contribution in [2.24, 2.45) is 5.92 Å². The van der Waals surface area contributed by atoms with Gasteiger partial charge in [-0.1, -0.05) is 6.42 Å². The lowest BCUT2D eigenvalue weighted by Gasteiger charge is -2.24. The van der Waals surface area contributed by atoms with E-state index in [4.69, 9.17) is 5.73 Å². The number of nitrogens with two attached hydrogens (primary N) is 1. The van der Waals surface area contributed by atoms with E-state index < -0.39 is 17.5 Å². The summed E-state index contributed by atoms with van der Waals surface area (Å²) < 4.78 is 26.3. The van der Waals surface area contributed by atoms with E-state index >= 15 is 0 Å². The zero-order valence-electron chi connectivity index (χ0n) is 13.6. The Morgan fingerprint density at radius 3 is 2.56 bits per heavy atom. The number of carbonyl (C=O) groups excluding carboxylic acids is 1. The van der Waals surface area contributed by atoms with Gasteiger partial charge in [0.25, 0.3) is 0 Å². The average molecular weight is 363 g/mol. The number of anilines is 2. The first-order chi connectivity index (χ1) is 12.0. The number of hydrogen-bond acceptors (Lipinski definition) is 4. The number of nitrogen functional groups attached to an aromatic ring is 1. The second-order valence-corrected chi connectivity index (χ2v) is 7.23. The maximum atomic E-state index is 13.2. The number of pyridine rings is 1. The van der Waals surface area contributed by atoms with Crippen LogP contribution in [0.3, 0.4) is 0 Å². The van der Waals surface area contributed by atoms with Crippen LogP contribution >= 0.6 is 11.8 Å². The van der Waals surface area contributed by atoms with Crippen molar-refractivity contribution in [3.05, 3.63) is 47.5 Å². The van der Waals surface area contributed by atoms with Crippen molar-refractivity contribution in [1.29, 1.82) is 0 Å². The van der Waals surface area contributed by atoms with Gasteiger partial charge in [-0.2, -0.15) is 0 Å². The zero-order chi connectivity index (χ0) is 17.8. The van der Waals surface area contributed by atoms with Gasteiger partial charge in [0, 0.05) is 11.8 Å². The minimum absolute atomic E-state index is 0.147. The van der Waals surface area contributed by atoms with Crippen LogP contribution < -0.4 is 11.1 Å². The van der Waals surface area contributed by atoms with Crippen molar-refractivity contribution in [2.75, 3.05) is 16.8 Å². The summed E-state index contributed by atoms with van der Waals surface area (Å²) in [6.45, 7) is 0. The Kier molecular flexibility index (Phi) is 5.53. The number of thioether (sulfide) groups is 1. The van der Waals surface area contributed by atoms with Crippen molar-refractivity contribution in [2.45, 2.75) is 30.7 Å². The summed E-state index contributed by atoms with van der Waals surface area (Å²) in [5, 5.41) is 3.46. The van der Waals surface area contributed by atoms with Crippen molar-refractivity contribution >= 4 is 29.2 Å². The molecule has 0 radical (unpaired) electrons. The maximum Gasteiger partial charge on any atom is 0.228 e. The SMILES string of the molecule is Nc1nc(SCC2CCC2)ccc1NC(=O)Cc1cc(F)cc(F)c1. The third-order valence-corrected chi connectivity index (χ3v) is 5.31. The van der Waals surface area contributed by atoms with Crippen molar-refractivity contribution in [1.82, 2.24) is 4.98 Å². The molecule has 0 aliphatic heterocycles. The summed E-state index contributed by atoms with van der Waals surface area (Å²) in [7, 11) is 0. The number of rotatable bonds is 6. The van der Waals surface area contributed by atoms with Crippen molar-refractivity contribution in [3.63, 3.8) is 0 Å². The molecular weight excluding hydrogens is 344 g/mol. The third-order valence-electron chi connectivity index (χ3n) is 4.15. The molecule has 132 valence electrons. The molecule has 3 N–H and O–H groups in total. The first-order valence-electron chi connectivity index (χ1n) is 8.14. The number of nitrogens with one attached hydrogen (secondary N) is 1. The van der Waals surface area contributed by atoms with Crippen LogP contribution in [0.25, 0.3) is 0 Å². The molecule has 25 heavy (non-hydrogen) atoms. The molecule has 0 spiro atoms. The summed E-state index contributed by atoms with van der Waals surface area (Å²) in [4.78, 5) is 16.4. The molecule has 0 atom stereocenters. The topological polar surface area (TPSA) is 68.0 Å². The van der Waals surface area contributed by atoms with Gasteiger partial charge in [-0.3, -0.25) is 4.79 Å². The molecule has 2 aromatic rings. The highest BCUT2D eigenvalue weighted by atomic mass is 32.2. The summed E-state index contributed by atoms with van der Waals surface area (Å²) in [5.74, 6) is 0.196. The lowest BCUT2D eigenvalue weighted by atomic mass is 9.87. The van der Waals surface area contributed by atoms with Crippen LogP contribution in [0.5, 0.6) is 0 Å². The van der Waals surface area contributed by atoms with E-state index in [1.807, 2.05) is 6.07 Å². The van der Waals surface area contributed by atoms with Crippen molar-refractivity contribution in [3.8, 4) is 0 Å². The predicted molar refractivity (Wildman–Crippen MR) is 95.4 cm³/mol.